The summed E-state index contributed by atoms with van der Waals surface area (Å²) in [6, 6.07) is 9.21. The van der Waals surface area contributed by atoms with Gasteiger partial charge in [-0.05, 0) is 30.9 Å². The van der Waals surface area contributed by atoms with Gasteiger partial charge in [-0.15, -0.1) is 0 Å². The van der Waals surface area contributed by atoms with E-state index >= 15 is 0 Å². The lowest BCUT2D eigenvalue weighted by molar-refractivity contribution is 0.0955. The monoisotopic (exact) mass is 612 g/mol. The van der Waals surface area contributed by atoms with E-state index in [-0.39, 0.29) is 0 Å². The minimum atomic E-state index is -0.710. The first-order chi connectivity index (χ1) is 21.6. The van der Waals surface area contributed by atoms with Gasteiger partial charge < -0.3 is 18.9 Å². The molecule has 248 valence electrons. The van der Waals surface area contributed by atoms with Crippen LogP contribution in [0.3, 0.4) is 0 Å². The topological polar surface area (TPSA) is 71.1 Å². The van der Waals surface area contributed by atoms with Crippen LogP contribution in [0.5, 0.6) is 11.5 Å². The van der Waals surface area contributed by atoms with E-state index < -0.39 is 12.3 Å². The molecule has 0 saturated carbocycles. The highest BCUT2D eigenvalue weighted by Crippen LogP contribution is 2.37. The van der Waals surface area contributed by atoms with Crippen molar-refractivity contribution in [1.29, 1.82) is 0 Å². The number of aryl methyl sites for hydroxylation is 1. The van der Waals surface area contributed by atoms with E-state index in [1.165, 1.54) is 103 Å². The number of hydrogen-bond acceptors (Lipinski definition) is 6. The van der Waals surface area contributed by atoms with Crippen molar-refractivity contribution >= 4 is 23.1 Å². The summed E-state index contributed by atoms with van der Waals surface area (Å²) < 4.78 is 22.1. The average molecular weight is 613 g/mol. The SMILES string of the molecule is CCCCCCCCCCCCOC(=O)Oc1cc(CC)c(OC(=O)OCCCCCCCCCCCC)c2ccccc12. The minimum Gasteiger partial charge on any atom is -0.434 e. The number of fused-ring (bicyclic) bond motifs is 1. The highest BCUT2D eigenvalue weighted by Gasteiger charge is 2.19. The third-order valence-electron chi connectivity index (χ3n) is 8.23. The molecule has 0 N–H and O–H groups in total. The van der Waals surface area contributed by atoms with Gasteiger partial charge in [0.2, 0.25) is 0 Å². The first-order valence-electron chi connectivity index (χ1n) is 17.8. The summed E-state index contributed by atoms with van der Waals surface area (Å²) in [5.41, 5.74) is 0.761. The van der Waals surface area contributed by atoms with E-state index in [1.54, 1.807) is 6.07 Å². The van der Waals surface area contributed by atoms with Crippen LogP contribution in [0.4, 0.5) is 9.59 Å². The van der Waals surface area contributed by atoms with Crippen molar-refractivity contribution in [2.75, 3.05) is 13.2 Å². The van der Waals surface area contributed by atoms with Crippen LogP contribution < -0.4 is 9.47 Å². The van der Waals surface area contributed by atoms with E-state index in [0.29, 0.717) is 41.9 Å². The quantitative estimate of drug-likeness (QED) is 0.0631. The maximum atomic E-state index is 12.6. The molecule has 2 rings (SSSR count). The van der Waals surface area contributed by atoms with Crippen molar-refractivity contribution in [3.63, 3.8) is 0 Å². The largest absolute Gasteiger partial charge is 0.513 e. The predicted molar refractivity (Wildman–Crippen MR) is 181 cm³/mol. The molecule has 2 aromatic carbocycles. The van der Waals surface area contributed by atoms with Crippen LogP contribution in [-0.2, 0) is 15.9 Å². The lowest BCUT2D eigenvalue weighted by atomic mass is 10.0. The van der Waals surface area contributed by atoms with Crippen LogP contribution in [0.15, 0.2) is 30.3 Å². The van der Waals surface area contributed by atoms with Gasteiger partial charge in [-0.2, -0.15) is 0 Å². The molecule has 6 nitrogen and oxygen atoms in total. The number of benzene rings is 2. The van der Waals surface area contributed by atoms with Gasteiger partial charge in [0.15, 0.2) is 0 Å². The van der Waals surface area contributed by atoms with Crippen molar-refractivity contribution in [1.82, 2.24) is 0 Å². The Bertz CT molecular complexity index is 1050. The zero-order chi connectivity index (χ0) is 31.7. The Balaban J connectivity index is 1.75. The van der Waals surface area contributed by atoms with Crippen LogP contribution in [0, 0.1) is 0 Å². The molecule has 0 aliphatic heterocycles. The fourth-order valence-electron chi connectivity index (χ4n) is 5.56. The summed E-state index contributed by atoms with van der Waals surface area (Å²) in [6.07, 6.45) is 23.6. The molecular formula is C38H60O6. The van der Waals surface area contributed by atoms with E-state index in [9.17, 15) is 9.59 Å². The summed E-state index contributed by atoms with van der Waals surface area (Å²) >= 11 is 0. The zero-order valence-electron chi connectivity index (χ0n) is 28.1. The van der Waals surface area contributed by atoms with Crippen molar-refractivity contribution in [2.24, 2.45) is 0 Å². The fourth-order valence-corrected chi connectivity index (χ4v) is 5.56. The number of rotatable bonds is 25. The molecule has 2 aromatic rings. The molecule has 0 aliphatic rings. The van der Waals surface area contributed by atoms with Gasteiger partial charge in [0.05, 0.1) is 13.2 Å². The lowest BCUT2D eigenvalue weighted by Gasteiger charge is -2.15. The highest BCUT2D eigenvalue weighted by atomic mass is 16.7. The Morgan fingerprint density at radius 1 is 0.523 bits per heavy atom. The highest BCUT2D eigenvalue weighted by molar-refractivity contribution is 5.96. The smallest absolute Gasteiger partial charge is 0.434 e. The molecule has 0 aliphatic carbocycles. The molecule has 6 heteroatoms. The molecule has 0 heterocycles. The summed E-state index contributed by atoms with van der Waals surface area (Å²) in [5, 5.41) is 1.37. The second kappa shape index (κ2) is 24.5. The third-order valence-corrected chi connectivity index (χ3v) is 8.23. The Morgan fingerprint density at radius 3 is 1.39 bits per heavy atom. The molecule has 0 radical (unpaired) electrons. The van der Waals surface area contributed by atoms with Gasteiger partial charge in [-0.25, -0.2) is 9.59 Å². The predicted octanol–water partition coefficient (Wildman–Crippen LogP) is 12.3. The second-order valence-corrected chi connectivity index (χ2v) is 12.0. The average Bonchev–Trinajstić information content (AvgIpc) is 3.03. The molecule has 0 atom stereocenters. The standard InChI is InChI=1S/C38H60O6/c1-4-7-9-11-13-15-17-19-21-25-29-41-37(39)43-35-31-32(6-3)36(34-28-24-23-27-33(34)35)44-38(40)42-30-26-22-20-18-16-14-12-10-8-5-2/h23-24,27-28,31H,4-22,25-26,29-30H2,1-3H3. The lowest BCUT2D eigenvalue weighted by Crippen LogP contribution is -2.14. The Morgan fingerprint density at radius 2 is 0.932 bits per heavy atom. The molecule has 44 heavy (non-hydrogen) atoms. The number of carbonyl (C=O) groups excluding carboxylic acids is 2. The first kappa shape index (κ1) is 37.4. The number of ether oxygens (including phenoxy) is 4. The molecule has 0 amide bonds. The van der Waals surface area contributed by atoms with Crippen molar-refractivity contribution in [3.8, 4) is 11.5 Å². The molecule has 0 aromatic heterocycles. The third kappa shape index (κ3) is 15.8. The van der Waals surface area contributed by atoms with E-state index in [1.807, 2.05) is 31.2 Å². The van der Waals surface area contributed by atoms with Crippen LogP contribution in [-0.4, -0.2) is 25.5 Å². The second-order valence-electron chi connectivity index (χ2n) is 12.0. The van der Waals surface area contributed by atoms with Crippen LogP contribution >= 0.6 is 0 Å². The molecule has 0 fully saturated rings. The maximum absolute atomic E-state index is 12.6. The van der Waals surface area contributed by atoms with Crippen LogP contribution in [0.2, 0.25) is 0 Å². The summed E-state index contributed by atoms with van der Waals surface area (Å²) in [6.45, 7) is 7.16. The first-order valence-corrected chi connectivity index (χ1v) is 17.8. The minimum absolute atomic E-state index is 0.347. The molecular weight excluding hydrogens is 552 g/mol. The Labute approximate surface area is 267 Å². The van der Waals surface area contributed by atoms with E-state index in [4.69, 9.17) is 18.9 Å². The molecule has 0 bridgehead atoms. The normalized spacial score (nSPS) is 11.1. The zero-order valence-corrected chi connectivity index (χ0v) is 28.1. The maximum Gasteiger partial charge on any atom is 0.513 e. The van der Waals surface area contributed by atoms with Gasteiger partial charge in [0.1, 0.15) is 11.5 Å². The van der Waals surface area contributed by atoms with Crippen LogP contribution in [0.25, 0.3) is 10.8 Å². The van der Waals surface area contributed by atoms with E-state index in [2.05, 4.69) is 13.8 Å². The van der Waals surface area contributed by atoms with Gasteiger partial charge in [-0.1, -0.05) is 161 Å². The molecule has 0 unspecified atom stereocenters. The summed E-state index contributed by atoms with van der Waals surface area (Å²) in [7, 11) is 0. The molecule has 0 saturated heterocycles. The number of unbranched alkanes of at least 4 members (excludes halogenated alkanes) is 18. The van der Waals surface area contributed by atoms with Gasteiger partial charge >= 0.3 is 12.3 Å². The Hall–Kier alpha value is -2.76. The van der Waals surface area contributed by atoms with Crippen molar-refractivity contribution < 1.29 is 28.5 Å². The number of hydrogen-bond donors (Lipinski definition) is 0. The number of carbonyl (C=O) groups is 2. The van der Waals surface area contributed by atoms with Crippen molar-refractivity contribution in [3.05, 3.63) is 35.9 Å². The Kier molecular flexibility index (Phi) is 20.9. The van der Waals surface area contributed by atoms with Gasteiger partial charge in [0.25, 0.3) is 0 Å². The van der Waals surface area contributed by atoms with Crippen molar-refractivity contribution in [2.45, 2.75) is 156 Å². The van der Waals surface area contributed by atoms with Gasteiger partial charge in [-0.3, -0.25) is 0 Å². The summed E-state index contributed by atoms with van der Waals surface area (Å²) in [4.78, 5) is 25.1. The van der Waals surface area contributed by atoms with Gasteiger partial charge in [0, 0.05) is 10.8 Å². The van der Waals surface area contributed by atoms with E-state index in [0.717, 1.165) is 31.2 Å². The summed E-state index contributed by atoms with van der Waals surface area (Å²) in [5.74, 6) is 0.846. The molecule has 0 spiro atoms. The fraction of sp³-hybridized carbons (Fsp3) is 0.684. The van der Waals surface area contributed by atoms with Crippen LogP contribution in [0.1, 0.15) is 155 Å².